The first-order valence-electron chi connectivity index (χ1n) is 4.15. The van der Waals surface area contributed by atoms with Gasteiger partial charge in [0.15, 0.2) is 5.70 Å². The lowest BCUT2D eigenvalue weighted by Gasteiger charge is -2.23. The Morgan fingerprint density at radius 2 is 2.54 bits per heavy atom. The fourth-order valence-electron chi connectivity index (χ4n) is 1.83. The van der Waals surface area contributed by atoms with Gasteiger partial charge in [-0.2, -0.15) is 0 Å². The van der Waals surface area contributed by atoms with Gasteiger partial charge in [0.2, 0.25) is 0 Å². The molecule has 2 aliphatic rings. The maximum atomic E-state index is 10.9. The molecule has 1 spiro atoms. The third-order valence-electron chi connectivity index (χ3n) is 2.55. The van der Waals surface area contributed by atoms with Crippen LogP contribution in [0.25, 0.3) is 4.85 Å². The molecule has 4 heteroatoms. The highest BCUT2D eigenvalue weighted by molar-refractivity contribution is 5.74. The third-order valence-corrected chi connectivity index (χ3v) is 2.55. The number of ether oxygens (including phenoxy) is 1. The molecule has 1 aliphatic carbocycles. The number of hydrogen-bond acceptors (Lipinski definition) is 3. The topological polar surface area (TPSA) is 50.9 Å². The van der Waals surface area contributed by atoms with E-state index in [0.29, 0.717) is 18.5 Å². The molecule has 1 N–H and O–H groups in total. The van der Waals surface area contributed by atoms with E-state index in [1.165, 1.54) is 0 Å². The van der Waals surface area contributed by atoms with Gasteiger partial charge in [0.1, 0.15) is 11.7 Å². The molecule has 0 aromatic carbocycles. The summed E-state index contributed by atoms with van der Waals surface area (Å²) >= 11 is 0. The number of allylic oxidation sites excluding steroid dienone is 1. The summed E-state index contributed by atoms with van der Waals surface area (Å²) in [7, 11) is 0. The van der Waals surface area contributed by atoms with Crippen LogP contribution in [0.5, 0.6) is 0 Å². The molecule has 0 radical (unpaired) electrons. The second-order valence-corrected chi connectivity index (χ2v) is 3.40. The summed E-state index contributed by atoms with van der Waals surface area (Å²) in [5.41, 5.74) is -0.300. The molecule has 68 valence electrons. The SMILES string of the molecule is [C-]#[N+]C1=CC2(CC1)OC(=O)CC2O. The van der Waals surface area contributed by atoms with E-state index in [-0.39, 0.29) is 12.4 Å². The van der Waals surface area contributed by atoms with Crippen molar-refractivity contribution in [3.63, 3.8) is 0 Å². The van der Waals surface area contributed by atoms with Crippen LogP contribution < -0.4 is 0 Å². The number of rotatable bonds is 0. The maximum absolute atomic E-state index is 10.9. The van der Waals surface area contributed by atoms with Gasteiger partial charge in [-0.05, 0) is 18.9 Å². The Labute approximate surface area is 75.6 Å². The van der Waals surface area contributed by atoms with Crippen LogP contribution in [0.1, 0.15) is 19.3 Å². The monoisotopic (exact) mass is 179 g/mol. The van der Waals surface area contributed by atoms with Gasteiger partial charge in [0.05, 0.1) is 13.0 Å². The van der Waals surface area contributed by atoms with E-state index in [9.17, 15) is 9.90 Å². The van der Waals surface area contributed by atoms with E-state index >= 15 is 0 Å². The van der Waals surface area contributed by atoms with Crippen molar-refractivity contribution in [2.24, 2.45) is 0 Å². The molecule has 1 aliphatic heterocycles. The Balaban J connectivity index is 2.29. The normalized spacial score (nSPS) is 37.4. The minimum Gasteiger partial charge on any atom is -0.453 e. The first kappa shape index (κ1) is 8.27. The highest BCUT2D eigenvalue weighted by Crippen LogP contribution is 2.40. The summed E-state index contributed by atoms with van der Waals surface area (Å²) < 4.78 is 5.05. The van der Waals surface area contributed by atoms with E-state index in [1.54, 1.807) is 6.08 Å². The van der Waals surface area contributed by atoms with E-state index < -0.39 is 11.7 Å². The molecule has 2 unspecified atom stereocenters. The second kappa shape index (κ2) is 2.57. The summed E-state index contributed by atoms with van der Waals surface area (Å²) in [6.45, 7) is 6.80. The molecule has 13 heavy (non-hydrogen) atoms. The molecule has 0 aromatic rings. The van der Waals surface area contributed by atoms with Crippen molar-refractivity contribution in [2.75, 3.05) is 0 Å². The summed E-state index contributed by atoms with van der Waals surface area (Å²) in [6, 6.07) is 0. The Morgan fingerprint density at radius 1 is 1.77 bits per heavy atom. The number of aliphatic hydroxyl groups is 1. The quantitative estimate of drug-likeness (QED) is 0.438. The van der Waals surface area contributed by atoms with E-state index in [2.05, 4.69) is 4.85 Å². The fraction of sp³-hybridized carbons (Fsp3) is 0.556. The molecule has 0 saturated carbocycles. The van der Waals surface area contributed by atoms with Gasteiger partial charge in [0.25, 0.3) is 0 Å². The van der Waals surface area contributed by atoms with Gasteiger partial charge >= 0.3 is 5.97 Å². The molecule has 1 saturated heterocycles. The number of esters is 1. The predicted molar refractivity (Wildman–Crippen MR) is 43.4 cm³/mol. The third kappa shape index (κ3) is 1.12. The summed E-state index contributed by atoms with van der Waals surface area (Å²) in [4.78, 5) is 14.2. The Hall–Kier alpha value is -1.34. The molecule has 4 nitrogen and oxygen atoms in total. The van der Waals surface area contributed by atoms with Gasteiger partial charge in [-0.25, -0.2) is 4.85 Å². The first-order chi connectivity index (χ1) is 6.16. The van der Waals surface area contributed by atoms with Crippen LogP contribution in [0.3, 0.4) is 0 Å². The minimum atomic E-state index is -0.878. The second-order valence-electron chi connectivity index (χ2n) is 3.40. The zero-order valence-electron chi connectivity index (χ0n) is 6.99. The van der Waals surface area contributed by atoms with Crippen molar-refractivity contribution in [3.05, 3.63) is 23.2 Å². The Bertz CT molecular complexity index is 328. The number of aliphatic hydroxyl groups excluding tert-OH is 1. The number of carbonyl (C=O) groups is 1. The summed E-state index contributed by atoms with van der Waals surface area (Å²) in [5.74, 6) is -0.380. The van der Waals surface area contributed by atoms with Gasteiger partial charge in [-0.3, -0.25) is 4.79 Å². The highest BCUT2D eigenvalue weighted by Gasteiger charge is 2.49. The van der Waals surface area contributed by atoms with Crippen LogP contribution in [-0.4, -0.2) is 22.8 Å². The average Bonchev–Trinajstić information content (AvgIpc) is 2.59. The van der Waals surface area contributed by atoms with Gasteiger partial charge in [-0.1, -0.05) is 0 Å². The van der Waals surface area contributed by atoms with Gasteiger partial charge in [-0.15, -0.1) is 0 Å². The largest absolute Gasteiger partial charge is 0.453 e. The van der Waals surface area contributed by atoms with E-state index in [0.717, 1.165) is 0 Å². The first-order valence-corrected chi connectivity index (χ1v) is 4.15. The predicted octanol–water partition coefficient (Wildman–Crippen LogP) is 0.630. The Morgan fingerprint density at radius 3 is 3.00 bits per heavy atom. The average molecular weight is 179 g/mol. The smallest absolute Gasteiger partial charge is 0.309 e. The molecular weight excluding hydrogens is 170 g/mol. The molecular formula is C9H9NO3. The van der Waals surface area contributed by atoms with Crippen LogP contribution in [0.2, 0.25) is 0 Å². The fourth-order valence-corrected chi connectivity index (χ4v) is 1.83. The van der Waals surface area contributed by atoms with E-state index in [4.69, 9.17) is 11.3 Å². The van der Waals surface area contributed by atoms with Crippen LogP contribution in [-0.2, 0) is 9.53 Å². The zero-order chi connectivity index (χ0) is 9.47. The van der Waals surface area contributed by atoms with Gasteiger partial charge < -0.3 is 9.84 Å². The number of hydrogen-bond donors (Lipinski definition) is 1. The van der Waals surface area contributed by atoms with Crippen molar-refractivity contribution in [1.82, 2.24) is 0 Å². The van der Waals surface area contributed by atoms with Gasteiger partial charge in [0, 0.05) is 0 Å². The molecule has 0 bridgehead atoms. The lowest BCUT2D eigenvalue weighted by atomic mass is 9.97. The van der Waals surface area contributed by atoms with Crippen LogP contribution >= 0.6 is 0 Å². The number of nitrogens with zero attached hydrogens (tertiary/aromatic N) is 1. The molecule has 1 fully saturated rings. The van der Waals surface area contributed by atoms with Crippen LogP contribution in [0, 0.1) is 6.57 Å². The summed E-state index contributed by atoms with van der Waals surface area (Å²) in [6.07, 6.45) is 1.99. The zero-order valence-corrected chi connectivity index (χ0v) is 6.99. The molecule has 1 heterocycles. The molecule has 0 amide bonds. The van der Waals surface area contributed by atoms with Crippen molar-refractivity contribution in [2.45, 2.75) is 31.0 Å². The van der Waals surface area contributed by atoms with Crippen LogP contribution in [0.15, 0.2) is 11.8 Å². The van der Waals surface area contributed by atoms with Crippen molar-refractivity contribution < 1.29 is 14.6 Å². The molecule has 2 atom stereocenters. The van der Waals surface area contributed by atoms with Crippen LogP contribution in [0.4, 0.5) is 0 Å². The van der Waals surface area contributed by atoms with Crippen molar-refractivity contribution >= 4 is 5.97 Å². The number of carbonyl (C=O) groups excluding carboxylic acids is 1. The minimum absolute atomic E-state index is 0.0434. The Kier molecular flexibility index (Phi) is 1.64. The summed E-state index contributed by atoms with van der Waals surface area (Å²) in [5, 5.41) is 9.57. The maximum Gasteiger partial charge on any atom is 0.309 e. The van der Waals surface area contributed by atoms with Crippen molar-refractivity contribution in [1.29, 1.82) is 0 Å². The lowest BCUT2D eigenvalue weighted by molar-refractivity contribution is -0.146. The van der Waals surface area contributed by atoms with E-state index in [1.807, 2.05) is 0 Å². The molecule has 2 rings (SSSR count). The standard InChI is InChI=1S/C9H9NO3/c1-10-6-2-3-9(5-6)7(11)4-8(12)13-9/h5,7,11H,2-4H2. The highest BCUT2D eigenvalue weighted by atomic mass is 16.6. The lowest BCUT2D eigenvalue weighted by Crippen LogP contribution is -2.34. The van der Waals surface area contributed by atoms with Crippen molar-refractivity contribution in [3.8, 4) is 0 Å². The molecule has 0 aromatic heterocycles.